The Morgan fingerprint density at radius 2 is 1.71 bits per heavy atom. The Morgan fingerprint density at radius 1 is 1.05 bits per heavy atom. The van der Waals surface area contributed by atoms with Gasteiger partial charge in [0.05, 0.1) is 17.6 Å². The molecule has 4 rings (SSSR count). The number of carbonyl (C=O) groups is 2. The number of amides is 2. The van der Waals surface area contributed by atoms with E-state index < -0.39 is 18.8 Å². The van der Waals surface area contributed by atoms with Crippen LogP contribution in [-0.2, 0) is 25.3 Å². The van der Waals surface area contributed by atoms with Crippen molar-refractivity contribution in [1.82, 2.24) is 10.6 Å². The van der Waals surface area contributed by atoms with Gasteiger partial charge in [-0.15, -0.1) is 0 Å². The van der Waals surface area contributed by atoms with Crippen LogP contribution in [0.25, 0.3) is 0 Å². The van der Waals surface area contributed by atoms with Crippen LogP contribution in [0.15, 0.2) is 30.3 Å². The zero-order valence-corrected chi connectivity index (χ0v) is 24.6. The van der Waals surface area contributed by atoms with Gasteiger partial charge in [0.2, 0.25) is 11.8 Å². The summed E-state index contributed by atoms with van der Waals surface area (Å²) in [4.78, 5) is 26.9. The van der Waals surface area contributed by atoms with E-state index in [1.165, 1.54) is 0 Å². The number of fused-ring (bicyclic) bond motifs is 1. The summed E-state index contributed by atoms with van der Waals surface area (Å²) in [7, 11) is -0.511. The predicted octanol–water partition coefficient (Wildman–Crippen LogP) is 5.34. The molecule has 0 aromatic heterocycles. The summed E-state index contributed by atoms with van der Waals surface area (Å²) in [5, 5.41) is 6.38. The molecule has 6 nitrogen and oxygen atoms in total. The first-order valence-electron chi connectivity index (χ1n) is 14.9. The van der Waals surface area contributed by atoms with Crippen LogP contribution < -0.4 is 10.6 Å². The summed E-state index contributed by atoms with van der Waals surface area (Å²) in [6.07, 6.45) is 6.09. The Morgan fingerprint density at radius 3 is 2.34 bits per heavy atom. The quantitative estimate of drug-likeness (QED) is 0.428. The normalized spacial score (nSPS) is 30.6. The fraction of sp³-hybridized carbons (Fsp3) is 0.742. The minimum Gasteiger partial charge on any atom is -0.404 e. The summed E-state index contributed by atoms with van der Waals surface area (Å²) >= 11 is 0. The van der Waals surface area contributed by atoms with Gasteiger partial charge in [-0.2, -0.15) is 0 Å². The molecule has 1 aromatic carbocycles. The van der Waals surface area contributed by atoms with Crippen molar-refractivity contribution in [1.29, 1.82) is 0 Å². The summed E-state index contributed by atoms with van der Waals surface area (Å²) in [6.45, 7) is 15.7. The molecule has 6 atom stereocenters. The van der Waals surface area contributed by atoms with Crippen molar-refractivity contribution in [3.63, 3.8) is 0 Å². The van der Waals surface area contributed by atoms with Crippen LogP contribution in [0.2, 0.25) is 0 Å². The lowest BCUT2D eigenvalue weighted by Gasteiger charge is -2.53. The van der Waals surface area contributed by atoms with E-state index in [-0.39, 0.29) is 35.2 Å². The molecule has 2 aliphatic carbocycles. The Labute approximate surface area is 230 Å². The summed E-state index contributed by atoms with van der Waals surface area (Å²) in [6, 6.07) is 9.27. The van der Waals surface area contributed by atoms with Crippen molar-refractivity contribution in [2.75, 3.05) is 0 Å². The molecule has 2 N–H and O–H groups in total. The molecule has 3 aliphatic rings. The van der Waals surface area contributed by atoms with Crippen LogP contribution in [-0.4, -0.2) is 42.6 Å². The van der Waals surface area contributed by atoms with E-state index in [2.05, 4.69) is 59.1 Å². The van der Waals surface area contributed by atoms with Crippen LogP contribution in [0, 0.1) is 29.1 Å². The molecule has 0 spiro atoms. The molecule has 1 saturated heterocycles. The Hall–Kier alpha value is -1.86. The molecule has 0 bridgehead atoms. The summed E-state index contributed by atoms with van der Waals surface area (Å²) in [5.74, 6) is 0.700. The fourth-order valence-corrected chi connectivity index (χ4v) is 6.85. The van der Waals surface area contributed by atoms with Gasteiger partial charge in [0.1, 0.15) is 6.04 Å². The van der Waals surface area contributed by atoms with Crippen molar-refractivity contribution in [2.45, 2.75) is 117 Å². The molecular formula is C31H49BN2O4. The number of benzene rings is 1. The van der Waals surface area contributed by atoms with Gasteiger partial charge in [0.25, 0.3) is 0 Å². The Balaban J connectivity index is 1.52. The lowest BCUT2D eigenvalue weighted by Crippen LogP contribution is -2.57. The van der Waals surface area contributed by atoms with Crippen LogP contribution in [0.1, 0.15) is 92.6 Å². The maximum atomic E-state index is 13.8. The fourth-order valence-electron chi connectivity index (χ4n) is 6.85. The van der Waals surface area contributed by atoms with Crippen molar-refractivity contribution in [3.05, 3.63) is 35.9 Å². The first-order chi connectivity index (χ1) is 17.9. The van der Waals surface area contributed by atoms with Crippen molar-refractivity contribution in [3.8, 4) is 0 Å². The molecule has 1 aliphatic heterocycles. The monoisotopic (exact) mass is 524 g/mol. The van der Waals surface area contributed by atoms with Crippen molar-refractivity contribution >= 4 is 18.9 Å². The lowest BCUT2D eigenvalue weighted by molar-refractivity contribution is -0.131. The van der Waals surface area contributed by atoms with Crippen molar-refractivity contribution < 1.29 is 18.9 Å². The van der Waals surface area contributed by atoms with E-state index in [9.17, 15) is 9.59 Å². The van der Waals surface area contributed by atoms with Crippen LogP contribution >= 0.6 is 0 Å². The Bertz CT molecular complexity index is 964. The first-order valence-corrected chi connectivity index (χ1v) is 14.9. The largest absolute Gasteiger partial charge is 0.481 e. The molecule has 1 aromatic rings. The average molecular weight is 525 g/mol. The predicted molar refractivity (Wildman–Crippen MR) is 152 cm³/mol. The minimum atomic E-state index is -0.641. The molecule has 3 fully saturated rings. The first kappa shape index (κ1) is 29.1. The standard InChI is InChI=1S/C31H49BN2O4/c1-20(2)17-27(32-37-26-18-21(3)30(5,6)22(4)31(26,7)38-32)34-29(36)25(19-23-13-9-8-10-14-23)33-28(35)24-15-11-12-16-24/h8-10,13-14,20-22,24-27H,11-12,15-19H2,1-7H3,(H,33,35)(H,34,36)/t21-,22-,25-,26+,27-,31-/m0/s1. The topological polar surface area (TPSA) is 76.7 Å². The SMILES string of the molecule is CC(C)C[C@H](NC(=O)[C@H](Cc1ccccc1)NC(=O)C1CCCC1)B1O[C@@H]2C[C@H](C)C(C)(C)[C@H](C)[C@]2(C)O1. The van der Waals surface area contributed by atoms with Crippen LogP contribution in [0.5, 0.6) is 0 Å². The zero-order valence-electron chi connectivity index (χ0n) is 24.6. The molecule has 1 heterocycles. The summed E-state index contributed by atoms with van der Waals surface area (Å²) in [5.41, 5.74) is 0.753. The maximum absolute atomic E-state index is 13.8. The molecule has 0 unspecified atom stereocenters. The van der Waals surface area contributed by atoms with Gasteiger partial charge in [0.15, 0.2) is 0 Å². The minimum absolute atomic E-state index is 0.000672. The molecule has 210 valence electrons. The number of nitrogens with one attached hydrogen (secondary N) is 2. The van der Waals surface area contributed by atoms with E-state index in [1.54, 1.807) is 0 Å². The van der Waals surface area contributed by atoms with Crippen LogP contribution in [0.3, 0.4) is 0 Å². The van der Waals surface area contributed by atoms with Gasteiger partial charge >= 0.3 is 7.12 Å². The van der Waals surface area contributed by atoms with Crippen LogP contribution in [0.4, 0.5) is 0 Å². The lowest BCUT2D eigenvalue weighted by atomic mass is 9.57. The smallest absolute Gasteiger partial charge is 0.404 e. The third-order valence-electron chi connectivity index (χ3n) is 10.1. The van der Waals surface area contributed by atoms with E-state index in [4.69, 9.17) is 9.31 Å². The highest BCUT2D eigenvalue weighted by atomic mass is 16.7. The number of hydrogen-bond acceptors (Lipinski definition) is 4. The second-order valence-electron chi connectivity index (χ2n) is 13.5. The van der Waals surface area contributed by atoms with Gasteiger partial charge in [-0.1, -0.05) is 84.7 Å². The zero-order chi connectivity index (χ0) is 27.7. The second kappa shape index (κ2) is 11.7. The van der Waals surface area contributed by atoms with E-state index in [1.807, 2.05) is 30.3 Å². The molecular weight excluding hydrogens is 475 g/mol. The summed E-state index contributed by atoms with van der Waals surface area (Å²) < 4.78 is 13.4. The number of hydrogen-bond donors (Lipinski definition) is 2. The Kier molecular flexibility index (Phi) is 8.98. The highest BCUT2D eigenvalue weighted by Gasteiger charge is 2.61. The highest BCUT2D eigenvalue weighted by molar-refractivity contribution is 6.47. The average Bonchev–Trinajstić information content (AvgIpc) is 3.52. The molecule has 2 saturated carbocycles. The molecule has 2 amide bonds. The second-order valence-corrected chi connectivity index (χ2v) is 13.5. The van der Waals surface area contributed by atoms with E-state index in [0.717, 1.165) is 44.1 Å². The van der Waals surface area contributed by atoms with E-state index in [0.29, 0.717) is 24.2 Å². The van der Waals surface area contributed by atoms with Gasteiger partial charge in [-0.05, 0) is 61.3 Å². The third-order valence-corrected chi connectivity index (χ3v) is 10.1. The highest BCUT2D eigenvalue weighted by Crippen LogP contribution is 2.54. The maximum Gasteiger partial charge on any atom is 0.481 e. The molecule has 0 radical (unpaired) electrons. The van der Waals surface area contributed by atoms with E-state index >= 15 is 0 Å². The molecule has 38 heavy (non-hydrogen) atoms. The number of rotatable bonds is 9. The van der Waals surface area contributed by atoms with Gasteiger partial charge in [-0.3, -0.25) is 9.59 Å². The third kappa shape index (κ3) is 6.14. The van der Waals surface area contributed by atoms with Gasteiger partial charge < -0.3 is 19.9 Å². The van der Waals surface area contributed by atoms with Crippen molar-refractivity contribution in [2.24, 2.45) is 29.1 Å². The molecule has 7 heteroatoms. The number of carbonyl (C=O) groups excluding carboxylic acids is 2. The van der Waals surface area contributed by atoms with Gasteiger partial charge in [-0.25, -0.2) is 0 Å². The van der Waals surface area contributed by atoms with Gasteiger partial charge in [0, 0.05) is 12.3 Å².